The molecule has 0 atom stereocenters. The monoisotopic (exact) mass is 89.1 g/mol. The van der Waals surface area contributed by atoms with Gasteiger partial charge in [0, 0.05) is 0 Å². The second kappa shape index (κ2) is 141. The summed E-state index contributed by atoms with van der Waals surface area (Å²) in [6.45, 7) is 12.0. The van der Waals surface area contributed by atoms with Gasteiger partial charge in [0.2, 0.25) is 0 Å². The highest BCUT2D eigenvalue weighted by atomic mass is 17.0. The molecule has 2 nitrogen and oxygen atoms in total. The largest absolute Gasteiger partial charge is 0.219 e. The highest BCUT2D eigenvalue weighted by molar-refractivity contribution is 4.22. The highest BCUT2D eigenvalue weighted by Gasteiger charge is 0.875. The third kappa shape index (κ3) is 54.4. The van der Waals surface area contributed by atoms with Gasteiger partial charge in [0.15, 0.2) is 0 Å². The zero-order valence-electron chi connectivity index (χ0n) is 3.68. The Morgan fingerprint density at radius 2 is 0.833 bits per heavy atom. The van der Waals surface area contributed by atoms with Crippen molar-refractivity contribution >= 4 is 0 Å². The van der Waals surface area contributed by atoms with Gasteiger partial charge < -0.3 is 0 Å². The fraction of sp³-hybridized carbons (Fsp3) is 0. The zero-order chi connectivity index (χ0) is 6.00. The summed E-state index contributed by atoms with van der Waals surface area (Å²) in [7, 11) is 0. The Labute approximate surface area is 38.0 Å². The van der Waals surface area contributed by atoms with Crippen LogP contribution in [0.1, 0.15) is 0 Å². The van der Waals surface area contributed by atoms with Gasteiger partial charge in [-0.05, 0) is 5.26 Å². The fourth-order valence-electron chi connectivity index (χ4n) is 0. The molecule has 1 N–H and O–H groups in total. The lowest BCUT2D eigenvalue weighted by Gasteiger charge is -1.13. The molecule has 0 aliphatic rings. The Morgan fingerprint density at radius 1 is 0.833 bits per heavy atom. The third-order valence-electron chi connectivity index (χ3n) is 0. The quantitative estimate of drug-likeness (QED) is 0.272. The summed E-state index contributed by atoms with van der Waals surface area (Å²) < 4.78 is 0. The van der Waals surface area contributed by atoms with Crippen molar-refractivity contribution in [1.29, 1.82) is 0 Å². The van der Waals surface area contributed by atoms with Crippen molar-refractivity contribution in [2.75, 3.05) is 0 Å². The van der Waals surface area contributed by atoms with E-state index in [2.05, 4.69) is 26.3 Å². The summed E-state index contributed by atoms with van der Waals surface area (Å²) in [5.41, 5.74) is 0. The molecule has 0 aromatic heterocycles. The minimum absolute atomic E-state index is 3.00. The van der Waals surface area contributed by atoms with E-state index in [-0.39, 0.29) is 0 Å². The third-order valence-corrected chi connectivity index (χ3v) is 0. The lowest BCUT2D eigenvalue weighted by atomic mass is 11.3. The van der Waals surface area contributed by atoms with Crippen LogP contribution in [0.15, 0.2) is 26.3 Å². The molecule has 1 radical (unpaired) electrons. The van der Waals surface area contributed by atoms with Crippen LogP contribution in [0, 0.1) is 0 Å². The van der Waals surface area contributed by atoms with Crippen molar-refractivity contribution in [2.24, 2.45) is 0 Å². The van der Waals surface area contributed by atoms with Gasteiger partial charge in [-0.2, -0.15) is 0 Å². The standard InChI is InChI=1S/2C2H4.HO2/c3*1-2/h2*1-2H2;1H. The van der Waals surface area contributed by atoms with Gasteiger partial charge in [-0.25, -0.2) is 5.26 Å². The molecule has 0 saturated heterocycles. The van der Waals surface area contributed by atoms with Crippen LogP contribution >= 0.6 is 0 Å². The number of hydrogen-bond donors (Lipinski definition) is 1. The van der Waals surface area contributed by atoms with Crippen molar-refractivity contribution in [2.45, 2.75) is 0 Å². The molecule has 0 heterocycles. The molecule has 0 spiro atoms. The van der Waals surface area contributed by atoms with Crippen LogP contribution in [0.5, 0.6) is 0 Å². The smallest absolute Gasteiger partial charge is 0.0395 e. The lowest BCUT2D eigenvalue weighted by Crippen LogP contribution is -1.21. The second-order valence-electron chi connectivity index (χ2n) is 0. The predicted octanol–water partition coefficient (Wildman–Crippen LogP) is 1.49. The first kappa shape index (κ1) is 18.2. The molecule has 37 valence electrons. The van der Waals surface area contributed by atoms with E-state index < -0.39 is 0 Å². The van der Waals surface area contributed by atoms with Crippen LogP contribution in [0.2, 0.25) is 0 Å². The van der Waals surface area contributed by atoms with Crippen LogP contribution in [-0.2, 0) is 5.26 Å². The molecule has 2 heteroatoms. The maximum Gasteiger partial charge on any atom is -0.0395 e. The van der Waals surface area contributed by atoms with E-state index >= 15 is 0 Å². The van der Waals surface area contributed by atoms with Crippen LogP contribution in [0.4, 0.5) is 0 Å². The summed E-state index contributed by atoms with van der Waals surface area (Å²) in [5, 5.41) is 13.0. The molecule has 0 rings (SSSR count). The highest BCUT2D eigenvalue weighted by Crippen LogP contribution is 0.864. The van der Waals surface area contributed by atoms with E-state index in [1.807, 2.05) is 0 Å². The molecular formula is C4H9O2. The number of rotatable bonds is 0. The molecule has 0 aromatic rings. The first-order valence-corrected chi connectivity index (χ1v) is 1.18. The van der Waals surface area contributed by atoms with Crippen LogP contribution in [-0.4, -0.2) is 5.26 Å². The molecule has 6 heavy (non-hydrogen) atoms. The zero-order valence-corrected chi connectivity index (χ0v) is 3.68. The van der Waals surface area contributed by atoms with Crippen molar-refractivity contribution in [3.05, 3.63) is 26.3 Å². The lowest BCUT2D eigenvalue weighted by molar-refractivity contribution is -0.247. The average Bonchev–Trinajstić information content (AvgIpc) is 1.81. The van der Waals surface area contributed by atoms with Crippen molar-refractivity contribution in [3.63, 3.8) is 0 Å². The van der Waals surface area contributed by atoms with E-state index in [9.17, 15) is 0 Å². The minimum atomic E-state index is 3.00. The molecular weight excluding hydrogens is 80.0 g/mol. The van der Waals surface area contributed by atoms with Gasteiger partial charge in [-0.3, -0.25) is 0 Å². The number of hydrogen-bond acceptors (Lipinski definition) is 1. The van der Waals surface area contributed by atoms with E-state index in [0.717, 1.165) is 0 Å². The SMILES string of the molecule is C=C.C=C.[O]O. The van der Waals surface area contributed by atoms with Gasteiger partial charge >= 0.3 is 0 Å². The molecule has 0 bridgehead atoms. The van der Waals surface area contributed by atoms with Gasteiger partial charge in [-0.15, -0.1) is 26.3 Å². The van der Waals surface area contributed by atoms with Gasteiger partial charge in [0.1, 0.15) is 0 Å². The van der Waals surface area contributed by atoms with Crippen molar-refractivity contribution in [1.82, 2.24) is 0 Å². The maximum absolute atomic E-state index is 7.25. The molecule has 0 aromatic carbocycles. The maximum atomic E-state index is 7.25. The first-order valence-electron chi connectivity index (χ1n) is 1.18. The summed E-state index contributed by atoms with van der Waals surface area (Å²) in [6.07, 6.45) is 0. The van der Waals surface area contributed by atoms with E-state index in [1.165, 1.54) is 0 Å². The fourth-order valence-corrected chi connectivity index (χ4v) is 0. The second-order valence-corrected chi connectivity index (χ2v) is 0. The van der Waals surface area contributed by atoms with Crippen LogP contribution < -0.4 is 0 Å². The van der Waals surface area contributed by atoms with Crippen LogP contribution in [0.3, 0.4) is 0 Å². The Hall–Kier alpha value is -0.600. The molecule has 0 amide bonds. The van der Waals surface area contributed by atoms with Crippen molar-refractivity contribution < 1.29 is 10.5 Å². The molecule has 0 aliphatic carbocycles. The van der Waals surface area contributed by atoms with Crippen LogP contribution in [0.25, 0.3) is 0 Å². The Morgan fingerprint density at radius 3 is 0.833 bits per heavy atom. The molecule has 0 aliphatic heterocycles. The van der Waals surface area contributed by atoms with Gasteiger partial charge in [0.25, 0.3) is 0 Å². The molecule has 0 saturated carbocycles. The Balaban J connectivity index is -0.0000000225. The Bertz CT molecular complexity index is 7.51. The van der Waals surface area contributed by atoms with E-state index in [4.69, 9.17) is 10.5 Å². The van der Waals surface area contributed by atoms with Gasteiger partial charge in [0.05, 0.1) is 0 Å². The summed E-state index contributed by atoms with van der Waals surface area (Å²) in [4.78, 5) is 0. The van der Waals surface area contributed by atoms with Gasteiger partial charge in [-0.1, -0.05) is 0 Å². The Kier molecular flexibility index (Phi) is 427. The van der Waals surface area contributed by atoms with E-state index in [0.29, 0.717) is 0 Å². The summed E-state index contributed by atoms with van der Waals surface area (Å²) >= 11 is 0. The molecule has 0 unspecified atom stereocenters. The minimum Gasteiger partial charge on any atom is -0.219 e. The predicted molar refractivity (Wildman–Crippen MR) is 25.8 cm³/mol. The van der Waals surface area contributed by atoms with Crippen molar-refractivity contribution in [3.8, 4) is 0 Å². The molecule has 0 fully saturated rings. The normalized spacial score (nSPS) is 2.33. The summed E-state index contributed by atoms with van der Waals surface area (Å²) in [6, 6.07) is 0. The average molecular weight is 89.1 g/mol. The van der Waals surface area contributed by atoms with E-state index in [1.54, 1.807) is 0 Å². The topological polar surface area (TPSA) is 40.1 Å². The first-order chi connectivity index (χ1) is 3.00. The summed E-state index contributed by atoms with van der Waals surface area (Å²) in [5.74, 6) is 0.